The lowest BCUT2D eigenvalue weighted by molar-refractivity contribution is -0.120. The fourth-order valence-electron chi connectivity index (χ4n) is 4.46. The van der Waals surface area contributed by atoms with Crippen LogP contribution in [-0.2, 0) is 11.3 Å². The van der Waals surface area contributed by atoms with Crippen molar-refractivity contribution in [2.24, 2.45) is 0 Å². The van der Waals surface area contributed by atoms with Gasteiger partial charge in [0.15, 0.2) is 0 Å². The molecule has 0 saturated heterocycles. The number of aryl methyl sites for hydroxylation is 1. The van der Waals surface area contributed by atoms with Gasteiger partial charge in [0.25, 0.3) is 11.8 Å². The average Bonchev–Trinajstić information content (AvgIpc) is 3.22. The molecule has 3 aromatic rings. The van der Waals surface area contributed by atoms with E-state index in [1.54, 1.807) is 42.1 Å². The third-order valence-corrected chi connectivity index (χ3v) is 6.11. The van der Waals surface area contributed by atoms with E-state index < -0.39 is 11.9 Å². The zero-order chi connectivity index (χ0) is 22.2. The number of likely N-dealkylation sites (N-methyl/N-ethyl adjacent to an activating group) is 1. The van der Waals surface area contributed by atoms with Gasteiger partial charge in [0.05, 0.1) is 5.69 Å². The highest BCUT2D eigenvalue weighted by Gasteiger charge is 2.32. The summed E-state index contributed by atoms with van der Waals surface area (Å²) in [5.41, 5.74) is 2.27. The number of carbonyl (C=O) groups is 2. The second-order valence-electron chi connectivity index (χ2n) is 8.10. The first-order chi connectivity index (χ1) is 15.5. The summed E-state index contributed by atoms with van der Waals surface area (Å²) in [5, 5.41) is 7.21. The van der Waals surface area contributed by atoms with Gasteiger partial charge in [-0.2, -0.15) is 5.10 Å². The zero-order valence-corrected chi connectivity index (χ0v) is 17.6. The largest absolute Gasteiger partial charge is 0.489 e. The molecule has 32 heavy (non-hydrogen) atoms. The summed E-state index contributed by atoms with van der Waals surface area (Å²) in [6, 6.07) is 14.8. The summed E-state index contributed by atoms with van der Waals surface area (Å²) in [4.78, 5) is 27.4. The molecule has 8 heteroatoms. The molecule has 1 aromatic heterocycles. The second-order valence-corrected chi connectivity index (χ2v) is 8.10. The van der Waals surface area contributed by atoms with Gasteiger partial charge in [-0.1, -0.05) is 30.3 Å². The zero-order valence-electron chi connectivity index (χ0n) is 17.6. The van der Waals surface area contributed by atoms with Crippen LogP contribution in [0.5, 0.6) is 5.75 Å². The van der Waals surface area contributed by atoms with Gasteiger partial charge in [-0.05, 0) is 42.7 Å². The highest BCUT2D eigenvalue weighted by atomic mass is 19.1. The van der Waals surface area contributed by atoms with Crippen LogP contribution < -0.4 is 15.0 Å². The first-order valence-electron chi connectivity index (χ1n) is 10.7. The molecular weight excluding hydrogens is 411 g/mol. The Bertz CT molecular complexity index is 1190. The number of halogens is 1. The quantitative estimate of drug-likeness (QED) is 0.687. The highest BCUT2D eigenvalue weighted by Crippen LogP contribution is 2.35. The van der Waals surface area contributed by atoms with Gasteiger partial charge in [0, 0.05) is 25.2 Å². The number of benzene rings is 2. The van der Waals surface area contributed by atoms with Gasteiger partial charge in [0.1, 0.15) is 29.9 Å². The SMILES string of the molecule is CN1C(=O)[C@@H](NC(=O)c2cc3n(n2)CCCC3c2ccccc2F)COc2ccccc21. The standard InChI is InChI=1S/C24H23FN4O3/c1-28-20-10-4-5-11-22(20)32-14-19(24(28)31)26-23(30)18-13-21-16(8-6-12-29(21)27-18)15-7-2-3-9-17(15)25/h2-5,7,9-11,13,16,19H,6,8,12,14H2,1H3,(H,26,30)/t16?,19-/m0/s1. The smallest absolute Gasteiger partial charge is 0.272 e. The van der Waals surface area contributed by atoms with E-state index in [2.05, 4.69) is 10.4 Å². The summed E-state index contributed by atoms with van der Waals surface area (Å²) < 4.78 is 21.9. The number of fused-ring (bicyclic) bond motifs is 2. The molecule has 0 aliphatic carbocycles. The number of carbonyl (C=O) groups excluding carboxylic acids is 2. The highest BCUT2D eigenvalue weighted by molar-refractivity contribution is 6.02. The Hall–Kier alpha value is -3.68. The van der Waals surface area contributed by atoms with E-state index in [0.717, 1.165) is 18.5 Å². The summed E-state index contributed by atoms with van der Waals surface area (Å²) >= 11 is 0. The van der Waals surface area contributed by atoms with Crippen LogP contribution in [0, 0.1) is 5.82 Å². The number of nitrogens with one attached hydrogen (secondary N) is 1. The van der Waals surface area contributed by atoms with Gasteiger partial charge >= 0.3 is 0 Å². The van der Waals surface area contributed by atoms with Crippen molar-refractivity contribution in [3.8, 4) is 5.75 Å². The maximum Gasteiger partial charge on any atom is 0.272 e. The lowest BCUT2D eigenvalue weighted by Crippen LogP contribution is -2.49. The third-order valence-electron chi connectivity index (χ3n) is 6.11. The minimum atomic E-state index is -0.846. The molecule has 2 atom stereocenters. The van der Waals surface area contributed by atoms with E-state index in [0.29, 0.717) is 23.5 Å². The molecule has 164 valence electrons. The predicted molar refractivity (Wildman–Crippen MR) is 116 cm³/mol. The Morgan fingerprint density at radius 3 is 2.81 bits per heavy atom. The Labute approximate surface area is 184 Å². The summed E-state index contributed by atoms with van der Waals surface area (Å²) in [5.74, 6) is -0.563. The molecule has 0 radical (unpaired) electrons. The van der Waals surface area contributed by atoms with Crippen LogP contribution >= 0.6 is 0 Å². The number of nitrogens with zero attached hydrogens (tertiary/aromatic N) is 3. The van der Waals surface area contributed by atoms with E-state index in [9.17, 15) is 14.0 Å². The number of para-hydroxylation sites is 2. The molecule has 2 aromatic carbocycles. The first kappa shape index (κ1) is 20.2. The molecule has 0 saturated carbocycles. The first-order valence-corrected chi connectivity index (χ1v) is 10.7. The van der Waals surface area contributed by atoms with Crippen molar-refractivity contribution in [1.82, 2.24) is 15.1 Å². The van der Waals surface area contributed by atoms with Crippen LogP contribution in [0.25, 0.3) is 0 Å². The van der Waals surface area contributed by atoms with Crippen LogP contribution in [0.2, 0.25) is 0 Å². The molecule has 2 aliphatic rings. The van der Waals surface area contributed by atoms with E-state index in [1.807, 2.05) is 18.2 Å². The molecule has 5 rings (SSSR count). The van der Waals surface area contributed by atoms with Crippen molar-refractivity contribution in [3.63, 3.8) is 0 Å². The Balaban J connectivity index is 1.37. The molecule has 7 nitrogen and oxygen atoms in total. The topological polar surface area (TPSA) is 76.5 Å². The van der Waals surface area contributed by atoms with Crippen LogP contribution in [-0.4, -0.2) is 41.3 Å². The number of hydrogen-bond acceptors (Lipinski definition) is 4. The molecule has 1 unspecified atom stereocenters. The minimum absolute atomic E-state index is 0.0251. The molecule has 3 heterocycles. The van der Waals surface area contributed by atoms with Crippen molar-refractivity contribution in [1.29, 1.82) is 0 Å². The molecule has 0 fully saturated rings. The van der Waals surface area contributed by atoms with Crippen molar-refractivity contribution >= 4 is 17.5 Å². The lowest BCUT2D eigenvalue weighted by atomic mass is 9.88. The fraction of sp³-hybridized carbons (Fsp3) is 0.292. The number of amides is 2. The predicted octanol–water partition coefficient (Wildman–Crippen LogP) is 3.10. The molecule has 2 amide bonds. The van der Waals surface area contributed by atoms with E-state index in [-0.39, 0.29) is 29.9 Å². The van der Waals surface area contributed by atoms with Gasteiger partial charge in [-0.15, -0.1) is 0 Å². The molecule has 0 spiro atoms. The van der Waals surface area contributed by atoms with E-state index in [4.69, 9.17) is 4.74 Å². The van der Waals surface area contributed by atoms with E-state index >= 15 is 0 Å². The summed E-state index contributed by atoms with van der Waals surface area (Å²) in [6.45, 7) is 0.689. The van der Waals surface area contributed by atoms with Crippen molar-refractivity contribution < 1.29 is 18.7 Å². The summed E-state index contributed by atoms with van der Waals surface area (Å²) in [6.07, 6.45) is 1.62. The maximum atomic E-state index is 14.4. The number of rotatable bonds is 3. The second kappa shape index (κ2) is 8.11. The van der Waals surface area contributed by atoms with Gasteiger partial charge in [-0.3, -0.25) is 14.3 Å². The van der Waals surface area contributed by atoms with Crippen LogP contribution in [0.4, 0.5) is 10.1 Å². The Morgan fingerprint density at radius 1 is 1.19 bits per heavy atom. The van der Waals surface area contributed by atoms with Gasteiger partial charge in [-0.25, -0.2) is 4.39 Å². The summed E-state index contributed by atoms with van der Waals surface area (Å²) in [7, 11) is 1.66. The Kier molecular flexibility index (Phi) is 5.13. The fourth-order valence-corrected chi connectivity index (χ4v) is 4.46. The van der Waals surface area contributed by atoms with Crippen LogP contribution in [0.15, 0.2) is 54.6 Å². The minimum Gasteiger partial charge on any atom is -0.489 e. The molecule has 1 N–H and O–H groups in total. The molecule has 0 bridgehead atoms. The maximum absolute atomic E-state index is 14.4. The lowest BCUT2D eigenvalue weighted by Gasteiger charge is -2.24. The molecular formula is C24H23FN4O3. The van der Waals surface area contributed by atoms with Crippen molar-refractivity contribution in [2.75, 3.05) is 18.6 Å². The van der Waals surface area contributed by atoms with Crippen LogP contribution in [0.3, 0.4) is 0 Å². The van der Waals surface area contributed by atoms with Crippen molar-refractivity contribution in [2.45, 2.75) is 31.3 Å². The Morgan fingerprint density at radius 2 is 1.97 bits per heavy atom. The van der Waals surface area contributed by atoms with Gasteiger partial charge < -0.3 is 15.0 Å². The average molecular weight is 434 g/mol. The molecule has 2 aliphatic heterocycles. The number of aromatic nitrogens is 2. The third kappa shape index (κ3) is 3.51. The number of hydrogen-bond donors (Lipinski definition) is 1. The van der Waals surface area contributed by atoms with Gasteiger partial charge in [0.2, 0.25) is 0 Å². The number of anilines is 1. The monoisotopic (exact) mass is 434 g/mol. The van der Waals surface area contributed by atoms with E-state index in [1.165, 1.54) is 11.0 Å². The van der Waals surface area contributed by atoms with Crippen molar-refractivity contribution in [3.05, 3.63) is 77.4 Å². The normalized spacial score (nSPS) is 20.1. The number of ether oxygens (including phenoxy) is 1. The van der Waals surface area contributed by atoms with Crippen LogP contribution in [0.1, 0.15) is 40.5 Å².